The standard InChI is InChI=1S/C19H14N4OS/c1-13-22-18-17(16(12-25-18)15-7-3-2-4-8-15)19(24)23(13)21-11-14-6-5-9-20-10-14/h2-12H,1H3/b21-11+. The molecule has 4 rings (SSSR count). The number of aryl methyl sites for hydroxylation is 1. The zero-order valence-corrected chi connectivity index (χ0v) is 14.3. The van der Waals surface area contributed by atoms with Gasteiger partial charge in [0.05, 0.1) is 11.6 Å². The topological polar surface area (TPSA) is 60.1 Å². The largest absolute Gasteiger partial charge is 0.283 e. The normalized spacial score (nSPS) is 11.4. The molecule has 0 aliphatic carbocycles. The fourth-order valence-electron chi connectivity index (χ4n) is 2.63. The van der Waals surface area contributed by atoms with Crippen LogP contribution in [0.1, 0.15) is 11.4 Å². The van der Waals surface area contributed by atoms with Gasteiger partial charge in [0.1, 0.15) is 10.7 Å². The third-order valence-electron chi connectivity index (χ3n) is 3.84. The first-order valence-electron chi connectivity index (χ1n) is 7.75. The molecular weight excluding hydrogens is 332 g/mol. The lowest BCUT2D eigenvalue weighted by molar-refractivity contribution is 0.772. The summed E-state index contributed by atoms with van der Waals surface area (Å²) in [7, 11) is 0. The molecule has 6 heteroatoms. The van der Waals surface area contributed by atoms with Crippen LogP contribution >= 0.6 is 11.3 Å². The van der Waals surface area contributed by atoms with Gasteiger partial charge in [0, 0.05) is 28.9 Å². The van der Waals surface area contributed by atoms with Crippen LogP contribution in [0.25, 0.3) is 21.3 Å². The van der Waals surface area contributed by atoms with Crippen molar-refractivity contribution in [2.75, 3.05) is 0 Å². The molecule has 5 nitrogen and oxygen atoms in total. The van der Waals surface area contributed by atoms with E-state index >= 15 is 0 Å². The van der Waals surface area contributed by atoms with Crippen LogP contribution in [0.2, 0.25) is 0 Å². The Hall–Kier alpha value is -3.12. The van der Waals surface area contributed by atoms with E-state index in [9.17, 15) is 4.79 Å². The molecule has 0 spiro atoms. The SMILES string of the molecule is Cc1nc2scc(-c3ccccc3)c2c(=O)n1/N=C/c1cccnc1. The third-order valence-corrected chi connectivity index (χ3v) is 4.71. The van der Waals surface area contributed by atoms with E-state index in [1.54, 1.807) is 25.5 Å². The highest BCUT2D eigenvalue weighted by molar-refractivity contribution is 7.17. The van der Waals surface area contributed by atoms with E-state index in [0.29, 0.717) is 11.2 Å². The second-order valence-corrected chi connectivity index (χ2v) is 6.36. The molecule has 3 aromatic heterocycles. The van der Waals surface area contributed by atoms with Crippen LogP contribution < -0.4 is 5.56 Å². The maximum absolute atomic E-state index is 13.0. The predicted octanol–water partition coefficient (Wildman–Crippen LogP) is 3.71. The lowest BCUT2D eigenvalue weighted by Gasteiger charge is -2.04. The van der Waals surface area contributed by atoms with Gasteiger partial charge >= 0.3 is 0 Å². The Morgan fingerprint density at radius 2 is 2.00 bits per heavy atom. The average Bonchev–Trinajstić information content (AvgIpc) is 3.07. The first-order chi connectivity index (χ1) is 12.2. The van der Waals surface area contributed by atoms with Crippen LogP contribution in [0, 0.1) is 6.92 Å². The maximum atomic E-state index is 13.0. The van der Waals surface area contributed by atoms with E-state index in [1.165, 1.54) is 16.0 Å². The van der Waals surface area contributed by atoms with Crippen molar-refractivity contribution in [2.45, 2.75) is 6.92 Å². The van der Waals surface area contributed by atoms with Crippen molar-refractivity contribution in [1.82, 2.24) is 14.6 Å². The van der Waals surface area contributed by atoms with E-state index in [-0.39, 0.29) is 5.56 Å². The molecule has 0 saturated heterocycles. The Balaban J connectivity index is 1.89. The van der Waals surface area contributed by atoms with Crippen LogP contribution in [-0.2, 0) is 0 Å². The van der Waals surface area contributed by atoms with Crippen molar-refractivity contribution >= 4 is 27.8 Å². The smallest absolute Gasteiger partial charge is 0.267 e. The van der Waals surface area contributed by atoms with Crippen LogP contribution in [-0.4, -0.2) is 20.9 Å². The first-order valence-corrected chi connectivity index (χ1v) is 8.62. The lowest BCUT2D eigenvalue weighted by atomic mass is 10.1. The molecule has 0 radical (unpaired) electrons. The van der Waals surface area contributed by atoms with Crippen molar-refractivity contribution in [3.05, 3.63) is 82.0 Å². The number of thiophene rings is 1. The fraction of sp³-hybridized carbons (Fsp3) is 0.0526. The van der Waals surface area contributed by atoms with E-state index in [1.807, 2.05) is 47.8 Å². The molecule has 0 saturated carbocycles. The molecule has 0 fully saturated rings. The minimum Gasteiger partial charge on any atom is -0.267 e. The second-order valence-electron chi connectivity index (χ2n) is 5.50. The Bertz CT molecular complexity index is 1110. The Morgan fingerprint density at radius 3 is 2.76 bits per heavy atom. The number of rotatable bonds is 3. The number of pyridine rings is 1. The van der Waals surface area contributed by atoms with Crippen molar-refractivity contribution in [2.24, 2.45) is 5.10 Å². The van der Waals surface area contributed by atoms with Crippen LogP contribution in [0.3, 0.4) is 0 Å². The second kappa shape index (κ2) is 6.41. The highest BCUT2D eigenvalue weighted by atomic mass is 32.1. The van der Waals surface area contributed by atoms with Gasteiger partial charge in [0.25, 0.3) is 5.56 Å². The van der Waals surface area contributed by atoms with Crippen molar-refractivity contribution in [3.63, 3.8) is 0 Å². The van der Waals surface area contributed by atoms with Crippen molar-refractivity contribution < 1.29 is 0 Å². The van der Waals surface area contributed by atoms with Gasteiger partial charge in [0.15, 0.2) is 0 Å². The summed E-state index contributed by atoms with van der Waals surface area (Å²) in [4.78, 5) is 22.3. The summed E-state index contributed by atoms with van der Waals surface area (Å²) in [6.45, 7) is 1.78. The lowest BCUT2D eigenvalue weighted by Crippen LogP contribution is -2.20. The van der Waals surface area contributed by atoms with E-state index < -0.39 is 0 Å². The highest BCUT2D eigenvalue weighted by Gasteiger charge is 2.14. The summed E-state index contributed by atoms with van der Waals surface area (Å²) in [5, 5.41) is 6.90. The molecule has 0 bridgehead atoms. The first kappa shape index (κ1) is 15.4. The Labute approximate surface area is 147 Å². The molecule has 0 aliphatic heterocycles. The van der Waals surface area contributed by atoms with Gasteiger partial charge in [-0.15, -0.1) is 11.3 Å². The number of hydrogen-bond donors (Lipinski definition) is 0. The summed E-state index contributed by atoms with van der Waals surface area (Å²) < 4.78 is 1.34. The third kappa shape index (κ3) is 2.88. The summed E-state index contributed by atoms with van der Waals surface area (Å²) in [5.74, 6) is 0.555. The molecular formula is C19H14N4OS. The van der Waals surface area contributed by atoms with Crippen LogP contribution in [0.4, 0.5) is 0 Å². The monoisotopic (exact) mass is 346 g/mol. The molecule has 25 heavy (non-hydrogen) atoms. The van der Waals surface area contributed by atoms with Gasteiger partial charge < -0.3 is 0 Å². The van der Waals surface area contributed by atoms with Gasteiger partial charge in [-0.25, -0.2) is 4.98 Å². The van der Waals surface area contributed by atoms with Gasteiger partial charge in [-0.05, 0) is 18.6 Å². The van der Waals surface area contributed by atoms with Gasteiger partial charge in [-0.1, -0.05) is 36.4 Å². The van der Waals surface area contributed by atoms with Gasteiger partial charge in [0.2, 0.25) is 0 Å². The quantitative estimate of drug-likeness (QED) is 0.531. The van der Waals surface area contributed by atoms with Crippen LogP contribution in [0.5, 0.6) is 0 Å². The molecule has 1 aromatic carbocycles. The zero-order chi connectivity index (χ0) is 17.2. The van der Waals surface area contributed by atoms with Crippen LogP contribution in [0.15, 0.2) is 70.1 Å². The fourth-order valence-corrected chi connectivity index (χ4v) is 3.61. The predicted molar refractivity (Wildman–Crippen MR) is 101 cm³/mol. The molecule has 3 heterocycles. The summed E-state index contributed by atoms with van der Waals surface area (Å²) in [5.41, 5.74) is 2.55. The average molecular weight is 346 g/mol. The molecule has 0 atom stereocenters. The highest BCUT2D eigenvalue weighted by Crippen LogP contribution is 2.30. The number of aromatic nitrogens is 3. The molecule has 0 N–H and O–H groups in total. The van der Waals surface area contributed by atoms with E-state index in [0.717, 1.165) is 21.5 Å². The summed E-state index contributed by atoms with van der Waals surface area (Å²) >= 11 is 1.47. The zero-order valence-electron chi connectivity index (χ0n) is 13.5. The number of fused-ring (bicyclic) bond motifs is 1. The Morgan fingerprint density at radius 1 is 1.16 bits per heavy atom. The van der Waals surface area contributed by atoms with Gasteiger partial charge in [-0.2, -0.15) is 9.78 Å². The Kier molecular flexibility index (Phi) is 3.95. The summed E-state index contributed by atoms with van der Waals surface area (Å²) in [6.07, 6.45) is 5.00. The minimum atomic E-state index is -0.164. The molecule has 0 unspecified atom stereocenters. The summed E-state index contributed by atoms with van der Waals surface area (Å²) in [6, 6.07) is 13.6. The maximum Gasteiger partial charge on any atom is 0.283 e. The number of nitrogens with zero attached hydrogens (tertiary/aromatic N) is 4. The number of benzene rings is 1. The van der Waals surface area contributed by atoms with E-state index in [4.69, 9.17) is 0 Å². The molecule has 4 aromatic rings. The van der Waals surface area contributed by atoms with Crippen molar-refractivity contribution in [1.29, 1.82) is 0 Å². The van der Waals surface area contributed by atoms with Crippen molar-refractivity contribution in [3.8, 4) is 11.1 Å². The van der Waals surface area contributed by atoms with Gasteiger partial charge in [-0.3, -0.25) is 9.78 Å². The molecule has 0 amide bonds. The minimum absolute atomic E-state index is 0.164. The number of hydrogen-bond acceptors (Lipinski definition) is 5. The molecule has 122 valence electrons. The van der Waals surface area contributed by atoms with E-state index in [2.05, 4.69) is 15.1 Å². The molecule has 0 aliphatic rings.